The van der Waals surface area contributed by atoms with E-state index in [0.717, 1.165) is 0 Å². The maximum Gasteiger partial charge on any atom is 0.337 e. The lowest BCUT2D eigenvalue weighted by Crippen LogP contribution is -2.18. The molecule has 0 aliphatic carbocycles. The third-order valence-corrected chi connectivity index (χ3v) is 1.14. The molecule has 1 saturated heterocycles. The number of hydrogen-bond donors (Lipinski definition) is 0. The zero-order valence-electron chi connectivity index (χ0n) is 6.33. The summed E-state index contributed by atoms with van der Waals surface area (Å²) in [6, 6.07) is 0. The fourth-order valence-corrected chi connectivity index (χ4v) is 0.593. The first kappa shape index (κ1) is 8.23. The van der Waals surface area contributed by atoms with Crippen LogP contribution in [-0.4, -0.2) is 25.7 Å². The van der Waals surface area contributed by atoms with Gasteiger partial charge in [-0.25, -0.2) is 4.79 Å². The van der Waals surface area contributed by atoms with Gasteiger partial charge in [0.2, 0.25) is 0 Å². The number of esters is 1. The van der Waals surface area contributed by atoms with Crippen LogP contribution in [0.5, 0.6) is 0 Å². The predicted molar refractivity (Wildman–Crippen MR) is 36.6 cm³/mol. The second kappa shape index (κ2) is 3.50. The van der Waals surface area contributed by atoms with Crippen molar-refractivity contribution < 1.29 is 19.0 Å². The largest absolute Gasteiger partial charge is 0.407 e. The molecule has 4 heteroatoms. The lowest BCUT2D eigenvalue weighted by Gasteiger charge is -2.08. The van der Waals surface area contributed by atoms with Crippen molar-refractivity contribution in [1.82, 2.24) is 0 Å². The van der Waals surface area contributed by atoms with Crippen molar-refractivity contribution in [3.8, 4) is 0 Å². The molecule has 0 amide bonds. The van der Waals surface area contributed by atoms with Gasteiger partial charge < -0.3 is 14.2 Å². The van der Waals surface area contributed by atoms with Gasteiger partial charge in [0.05, 0.1) is 13.2 Å². The van der Waals surface area contributed by atoms with E-state index >= 15 is 0 Å². The van der Waals surface area contributed by atoms with Gasteiger partial charge in [-0.15, -0.1) is 0 Å². The standard InChI is InChI=1S/C7H10O4/c1-5(2)6(8)11-7-9-3-4-10-7/h7H,1,3-4H2,2H3. The van der Waals surface area contributed by atoms with Crippen LogP contribution in [0.4, 0.5) is 0 Å². The van der Waals surface area contributed by atoms with E-state index in [0.29, 0.717) is 18.8 Å². The Bertz CT molecular complexity index is 169. The van der Waals surface area contributed by atoms with E-state index in [1.54, 1.807) is 6.92 Å². The molecule has 0 aromatic carbocycles. The zero-order chi connectivity index (χ0) is 8.27. The Morgan fingerprint density at radius 3 is 2.55 bits per heavy atom. The molecule has 0 saturated carbocycles. The van der Waals surface area contributed by atoms with Crippen LogP contribution in [0.1, 0.15) is 6.92 Å². The summed E-state index contributed by atoms with van der Waals surface area (Å²) in [6.45, 7) is 5.08. The van der Waals surface area contributed by atoms with Gasteiger partial charge in [0.25, 0.3) is 0 Å². The lowest BCUT2D eigenvalue weighted by molar-refractivity contribution is -0.223. The highest BCUT2D eigenvalue weighted by atomic mass is 16.9. The van der Waals surface area contributed by atoms with Gasteiger partial charge in [-0.3, -0.25) is 0 Å². The minimum atomic E-state index is -0.834. The Labute approximate surface area is 64.7 Å². The van der Waals surface area contributed by atoms with Crippen LogP contribution >= 0.6 is 0 Å². The normalized spacial score (nSPS) is 18.3. The van der Waals surface area contributed by atoms with E-state index < -0.39 is 12.4 Å². The molecule has 0 aromatic rings. The third kappa shape index (κ3) is 2.32. The molecule has 0 spiro atoms. The highest BCUT2D eigenvalue weighted by molar-refractivity contribution is 5.86. The lowest BCUT2D eigenvalue weighted by atomic mass is 10.4. The summed E-state index contributed by atoms with van der Waals surface area (Å²) in [5.74, 6) is -0.489. The molecule has 1 heterocycles. The minimum Gasteiger partial charge on any atom is -0.407 e. The van der Waals surface area contributed by atoms with E-state index in [4.69, 9.17) is 9.47 Å². The van der Waals surface area contributed by atoms with Crippen molar-refractivity contribution >= 4 is 5.97 Å². The van der Waals surface area contributed by atoms with Crippen molar-refractivity contribution in [2.75, 3.05) is 13.2 Å². The number of hydrogen-bond acceptors (Lipinski definition) is 4. The Morgan fingerprint density at radius 2 is 2.09 bits per heavy atom. The average Bonchev–Trinajstić information content (AvgIpc) is 2.39. The fraction of sp³-hybridized carbons (Fsp3) is 0.571. The van der Waals surface area contributed by atoms with Crippen molar-refractivity contribution in [2.24, 2.45) is 0 Å². The van der Waals surface area contributed by atoms with Gasteiger partial charge >= 0.3 is 12.4 Å². The van der Waals surface area contributed by atoms with Crippen molar-refractivity contribution in [3.63, 3.8) is 0 Å². The molecule has 11 heavy (non-hydrogen) atoms. The first-order valence-corrected chi connectivity index (χ1v) is 3.30. The molecule has 0 radical (unpaired) electrons. The summed E-state index contributed by atoms with van der Waals surface area (Å²) >= 11 is 0. The molecule has 0 atom stereocenters. The SMILES string of the molecule is C=C(C)C(=O)OC1OCCO1. The molecule has 4 nitrogen and oxygen atoms in total. The first-order chi connectivity index (χ1) is 5.20. The van der Waals surface area contributed by atoms with E-state index in [1.165, 1.54) is 0 Å². The molecule has 0 aromatic heterocycles. The molecular formula is C7H10O4. The van der Waals surface area contributed by atoms with Crippen molar-refractivity contribution in [2.45, 2.75) is 13.4 Å². The van der Waals surface area contributed by atoms with Gasteiger partial charge in [0, 0.05) is 5.57 Å². The number of ether oxygens (including phenoxy) is 3. The first-order valence-electron chi connectivity index (χ1n) is 3.30. The Balaban J connectivity index is 2.29. The summed E-state index contributed by atoms with van der Waals surface area (Å²) in [7, 11) is 0. The van der Waals surface area contributed by atoms with Crippen molar-refractivity contribution in [3.05, 3.63) is 12.2 Å². The van der Waals surface area contributed by atoms with Crippen LogP contribution in [0.3, 0.4) is 0 Å². The minimum absolute atomic E-state index is 0.337. The molecule has 62 valence electrons. The van der Waals surface area contributed by atoms with Gasteiger partial charge in [0.1, 0.15) is 0 Å². The summed E-state index contributed by atoms with van der Waals surface area (Å²) in [5, 5.41) is 0. The van der Waals surface area contributed by atoms with Gasteiger partial charge in [-0.05, 0) is 6.92 Å². The molecule has 0 N–H and O–H groups in total. The van der Waals surface area contributed by atoms with Gasteiger partial charge in [0.15, 0.2) is 0 Å². The summed E-state index contributed by atoms with van der Waals surface area (Å²) < 4.78 is 14.4. The summed E-state index contributed by atoms with van der Waals surface area (Å²) in [4.78, 5) is 10.8. The van der Waals surface area contributed by atoms with Crippen LogP contribution in [0.2, 0.25) is 0 Å². The Morgan fingerprint density at radius 1 is 1.55 bits per heavy atom. The van der Waals surface area contributed by atoms with E-state index in [2.05, 4.69) is 11.3 Å². The predicted octanol–water partition coefficient (Wildman–Crippen LogP) is 0.436. The fourth-order valence-electron chi connectivity index (χ4n) is 0.593. The number of rotatable bonds is 2. The van der Waals surface area contributed by atoms with Crippen LogP contribution in [-0.2, 0) is 19.0 Å². The topological polar surface area (TPSA) is 44.8 Å². The Hall–Kier alpha value is -0.870. The van der Waals surface area contributed by atoms with Crippen LogP contribution in [0, 0.1) is 0 Å². The zero-order valence-corrected chi connectivity index (χ0v) is 6.33. The van der Waals surface area contributed by atoms with E-state index in [9.17, 15) is 4.79 Å². The second-order valence-electron chi connectivity index (χ2n) is 2.22. The third-order valence-electron chi connectivity index (χ3n) is 1.14. The van der Waals surface area contributed by atoms with Gasteiger partial charge in [-0.1, -0.05) is 6.58 Å². The summed E-state index contributed by atoms with van der Waals surface area (Å²) in [6.07, 6.45) is 0. The quantitative estimate of drug-likeness (QED) is 0.432. The van der Waals surface area contributed by atoms with E-state index in [-0.39, 0.29) is 0 Å². The number of carbonyl (C=O) groups is 1. The molecule has 0 unspecified atom stereocenters. The maximum absolute atomic E-state index is 10.8. The highest BCUT2D eigenvalue weighted by Crippen LogP contribution is 2.07. The number of carbonyl (C=O) groups excluding carboxylic acids is 1. The second-order valence-corrected chi connectivity index (χ2v) is 2.22. The maximum atomic E-state index is 10.8. The average molecular weight is 158 g/mol. The monoisotopic (exact) mass is 158 g/mol. The van der Waals surface area contributed by atoms with Crippen LogP contribution < -0.4 is 0 Å². The molecule has 1 aliphatic heterocycles. The van der Waals surface area contributed by atoms with Crippen LogP contribution in [0.15, 0.2) is 12.2 Å². The van der Waals surface area contributed by atoms with Crippen LogP contribution in [0.25, 0.3) is 0 Å². The smallest absolute Gasteiger partial charge is 0.337 e. The molecule has 1 rings (SSSR count). The molecule has 1 aliphatic rings. The molecule has 0 bridgehead atoms. The molecular weight excluding hydrogens is 148 g/mol. The van der Waals surface area contributed by atoms with Gasteiger partial charge in [-0.2, -0.15) is 0 Å². The van der Waals surface area contributed by atoms with Crippen molar-refractivity contribution in [1.29, 1.82) is 0 Å². The summed E-state index contributed by atoms with van der Waals surface area (Å²) in [5.41, 5.74) is 0.337. The Kier molecular flexibility index (Phi) is 2.62. The molecule has 1 fully saturated rings. The van der Waals surface area contributed by atoms with E-state index in [1.807, 2.05) is 0 Å². The highest BCUT2D eigenvalue weighted by Gasteiger charge is 2.20.